The number of hydrogen-bond acceptors (Lipinski definition) is 3. The highest BCUT2D eigenvalue weighted by molar-refractivity contribution is 5.99. The lowest BCUT2D eigenvalue weighted by atomic mass is 10.0. The van der Waals surface area contributed by atoms with Crippen molar-refractivity contribution in [3.05, 3.63) is 72.1 Å². The van der Waals surface area contributed by atoms with Crippen LogP contribution in [-0.4, -0.2) is 39.0 Å². The van der Waals surface area contributed by atoms with Gasteiger partial charge in [0.15, 0.2) is 0 Å². The summed E-state index contributed by atoms with van der Waals surface area (Å²) < 4.78 is 2.30. The highest BCUT2D eigenvalue weighted by Gasteiger charge is 2.12. The Balaban J connectivity index is 0.000000242. The zero-order valence-electron chi connectivity index (χ0n) is 13.7. The molecule has 0 bridgehead atoms. The monoisotopic (exact) mass is 340 g/mol. The number of hydrogen-bond donors (Lipinski definition) is 2. The molecule has 2 heterocycles. The number of nitrogens with zero attached hydrogens (tertiary/aromatic N) is 2. The van der Waals surface area contributed by atoms with E-state index in [1.54, 1.807) is 0 Å². The van der Waals surface area contributed by atoms with Crippen molar-refractivity contribution in [2.24, 2.45) is 4.99 Å². The number of aromatic nitrogens is 1. The fourth-order valence-corrected chi connectivity index (χ4v) is 2.50. The van der Waals surface area contributed by atoms with Crippen molar-refractivity contribution in [1.82, 2.24) is 4.57 Å². The Labute approximate surface area is 145 Å². The summed E-state index contributed by atoms with van der Waals surface area (Å²) in [5.74, 6) is -2.51. The van der Waals surface area contributed by atoms with E-state index in [1.807, 2.05) is 0 Å². The van der Waals surface area contributed by atoms with Gasteiger partial charge in [-0.3, -0.25) is 4.99 Å². The minimum atomic E-state index is -1.26. The smallest absolute Gasteiger partial charge is 0.328 e. The van der Waals surface area contributed by atoms with Crippen LogP contribution >= 0.6 is 0 Å². The van der Waals surface area contributed by atoms with E-state index < -0.39 is 11.9 Å². The summed E-state index contributed by atoms with van der Waals surface area (Å²) in [6, 6.07) is 14.9. The quantitative estimate of drug-likeness (QED) is 0.819. The second kappa shape index (κ2) is 9.22. The van der Waals surface area contributed by atoms with E-state index in [0.29, 0.717) is 12.2 Å². The topological polar surface area (TPSA) is 91.9 Å². The van der Waals surface area contributed by atoms with Gasteiger partial charge in [0.1, 0.15) is 0 Å². The first-order valence-electron chi connectivity index (χ1n) is 7.93. The Morgan fingerprint density at radius 1 is 1.00 bits per heavy atom. The lowest BCUT2D eigenvalue weighted by molar-refractivity contribution is -0.134. The molecule has 1 aliphatic rings. The number of aliphatic imine (C=N–C) groups is 1. The molecule has 0 saturated carbocycles. The summed E-state index contributed by atoms with van der Waals surface area (Å²) >= 11 is 0. The third kappa shape index (κ3) is 6.10. The van der Waals surface area contributed by atoms with Crippen molar-refractivity contribution in [3.8, 4) is 0 Å². The molecular formula is C19H20N2O4. The molecule has 2 aromatic rings. The molecule has 25 heavy (non-hydrogen) atoms. The van der Waals surface area contributed by atoms with E-state index in [0.717, 1.165) is 25.9 Å². The van der Waals surface area contributed by atoms with Gasteiger partial charge in [0.2, 0.25) is 0 Å². The van der Waals surface area contributed by atoms with Crippen LogP contribution in [0, 0.1) is 0 Å². The maximum atomic E-state index is 9.55. The van der Waals surface area contributed by atoms with Crippen LogP contribution in [-0.2, 0) is 22.6 Å². The Kier molecular flexibility index (Phi) is 6.71. The van der Waals surface area contributed by atoms with Crippen molar-refractivity contribution in [1.29, 1.82) is 0 Å². The average molecular weight is 340 g/mol. The molecule has 0 radical (unpaired) electrons. The summed E-state index contributed by atoms with van der Waals surface area (Å²) in [6.07, 6.45) is 5.37. The van der Waals surface area contributed by atoms with E-state index in [2.05, 4.69) is 58.2 Å². The van der Waals surface area contributed by atoms with Crippen LogP contribution in [0.2, 0.25) is 0 Å². The molecule has 1 aliphatic heterocycles. The Morgan fingerprint density at radius 3 is 2.32 bits per heavy atom. The van der Waals surface area contributed by atoms with Gasteiger partial charge in [0.05, 0.1) is 18.0 Å². The lowest BCUT2D eigenvalue weighted by Gasteiger charge is -2.16. The summed E-state index contributed by atoms with van der Waals surface area (Å²) in [5, 5.41) is 15.6. The van der Waals surface area contributed by atoms with Crippen LogP contribution in [0.25, 0.3) is 0 Å². The summed E-state index contributed by atoms with van der Waals surface area (Å²) in [7, 11) is 0. The van der Waals surface area contributed by atoms with Crippen LogP contribution in [0.1, 0.15) is 17.7 Å². The second-order valence-corrected chi connectivity index (χ2v) is 5.41. The van der Waals surface area contributed by atoms with Gasteiger partial charge in [-0.15, -0.1) is 0 Å². The van der Waals surface area contributed by atoms with Crippen LogP contribution in [0.3, 0.4) is 0 Å². The van der Waals surface area contributed by atoms with E-state index in [9.17, 15) is 9.59 Å². The summed E-state index contributed by atoms with van der Waals surface area (Å²) in [4.78, 5) is 23.8. The van der Waals surface area contributed by atoms with Crippen molar-refractivity contribution in [3.63, 3.8) is 0 Å². The number of carboxylic acids is 2. The molecule has 0 atom stereocenters. The summed E-state index contributed by atoms with van der Waals surface area (Å²) in [6.45, 7) is 1.95. The fraction of sp³-hybridized carbons (Fsp3) is 0.211. The highest BCUT2D eigenvalue weighted by atomic mass is 16.4. The number of carboxylic acid groups (broad SMARTS) is 2. The standard InChI is InChI=1S/C15H16N2.C4H4O4/c1-2-5-13(6-3-1)8-9-14-15-7-4-11-17(15)12-10-16-14;5-3(6)1-2-4(7)8/h1-7,11H,8-10,12H2;1-2H,(H,5,6)(H,7,8). The molecule has 0 spiro atoms. The fourth-order valence-electron chi connectivity index (χ4n) is 2.50. The molecule has 0 fully saturated rings. The largest absolute Gasteiger partial charge is 0.478 e. The highest BCUT2D eigenvalue weighted by Crippen LogP contribution is 2.14. The second-order valence-electron chi connectivity index (χ2n) is 5.41. The number of benzene rings is 1. The third-order valence-electron chi connectivity index (χ3n) is 3.63. The molecule has 3 rings (SSSR count). The van der Waals surface area contributed by atoms with Gasteiger partial charge in [-0.05, 0) is 30.5 Å². The number of rotatable bonds is 5. The van der Waals surface area contributed by atoms with Crippen LogP contribution in [0.5, 0.6) is 0 Å². The molecule has 2 N–H and O–H groups in total. The van der Waals surface area contributed by atoms with Gasteiger partial charge in [-0.25, -0.2) is 9.59 Å². The molecule has 6 heteroatoms. The average Bonchev–Trinajstić information content (AvgIpc) is 3.09. The predicted molar refractivity (Wildman–Crippen MR) is 95.0 cm³/mol. The first-order valence-corrected chi connectivity index (χ1v) is 7.93. The normalized spacial score (nSPS) is 12.7. The molecule has 0 amide bonds. The molecule has 0 unspecified atom stereocenters. The minimum absolute atomic E-state index is 0.558. The van der Waals surface area contributed by atoms with Crippen molar-refractivity contribution in [2.75, 3.05) is 6.54 Å². The molecule has 0 saturated heterocycles. The Morgan fingerprint density at radius 2 is 1.68 bits per heavy atom. The lowest BCUT2D eigenvalue weighted by Crippen LogP contribution is -2.18. The van der Waals surface area contributed by atoms with Crippen LogP contribution in [0.4, 0.5) is 0 Å². The molecular weight excluding hydrogens is 320 g/mol. The van der Waals surface area contributed by atoms with Crippen LogP contribution < -0.4 is 0 Å². The molecule has 1 aromatic carbocycles. The zero-order valence-corrected chi connectivity index (χ0v) is 13.7. The van der Waals surface area contributed by atoms with Gasteiger partial charge in [-0.2, -0.15) is 0 Å². The maximum absolute atomic E-state index is 9.55. The third-order valence-corrected chi connectivity index (χ3v) is 3.63. The van der Waals surface area contributed by atoms with E-state index >= 15 is 0 Å². The van der Waals surface area contributed by atoms with Crippen molar-refractivity contribution >= 4 is 17.7 Å². The van der Waals surface area contributed by atoms with Gasteiger partial charge in [0, 0.05) is 24.9 Å². The van der Waals surface area contributed by atoms with Gasteiger partial charge in [0.25, 0.3) is 0 Å². The number of fused-ring (bicyclic) bond motifs is 1. The summed E-state index contributed by atoms with van der Waals surface area (Å²) in [5.41, 5.74) is 3.94. The zero-order chi connectivity index (χ0) is 18.1. The predicted octanol–water partition coefficient (Wildman–Crippen LogP) is 2.64. The Hall–Kier alpha value is -3.15. The van der Waals surface area contributed by atoms with Crippen molar-refractivity contribution in [2.45, 2.75) is 19.4 Å². The SMILES string of the molecule is O=C(O)C=CC(=O)O.c1ccc(CCC2=NCCn3cccc32)cc1. The van der Waals surface area contributed by atoms with E-state index in [-0.39, 0.29) is 0 Å². The first-order chi connectivity index (χ1) is 12.1. The molecule has 6 nitrogen and oxygen atoms in total. The van der Waals surface area contributed by atoms with Gasteiger partial charge >= 0.3 is 11.9 Å². The van der Waals surface area contributed by atoms with E-state index in [4.69, 9.17) is 10.2 Å². The number of aliphatic carboxylic acids is 2. The number of aryl methyl sites for hydroxylation is 1. The van der Waals surface area contributed by atoms with Crippen LogP contribution in [0.15, 0.2) is 65.8 Å². The molecule has 0 aliphatic carbocycles. The Bertz CT molecular complexity index is 760. The minimum Gasteiger partial charge on any atom is -0.478 e. The first kappa shape index (κ1) is 18.2. The number of carbonyl (C=O) groups is 2. The van der Waals surface area contributed by atoms with Crippen molar-refractivity contribution < 1.29 is 19.8 Å². The molecule has 130 valence electrons. The maximum Gasteiger partial charge on any atom is 0.328 e. The van der Waals surface area contributed by atoms with Gasteiger partial charge in [-0.1, -0.05) is 30.3 Å². The van der Waals surface area contributed by atoms with Gasteiger partial charge < -0.3 is 14.8 Å². The molecule has 1 aromatic heterocycles. The van der Waals surface area contributed by atoms with E-state index in [1.165, 1.54) is 17.0 Å².